The van der Waals surface area contributed by atoms with Crippen LogP contribution in [0, 0.1) is 0 Å². The molecule has 0 unspecified atom stereocenters. The Balaban J connectivity index is 3.07. The van der Waals surface area contributed by atoms with E-state index in [1.54, 1.807) is 24.3 Å². The van der Waals surface area contributed by atoms with E-state index in [0.717, 1.165) is 0 Å². The van der Waals surface area contributed by atoms with Gasteiger partial charge in [-0.1, -0.05) is 12.1 Å². The number of amidine groups is 1. The predicted octanol–water partition coefficient (Wildman–Crippen LogP) is 0.0522. The normalized spacial score (nSPS) is 11.1. The Hall–Kier alpha value is -2.04. The second kappa shape index (κ2) is 4.27. The number of hydrazone groups is 1. The third kappa shape index (κ3) is 2.01. The Morgan fingerprint density at radius 3 is 2.64 bits per heavy atom. The lowest BCUT2D eigenvalue weighted by molar-refractivity contribution is 0.0600. The molecule has 1 aromatic rings. The van der Waals surface area contributed by atoms with E-state index in [1.807, 2.05) is 0 Å². The standard InChI is InChI=1S/C9H11N3O2/c1-14-9(13)7-4-2-3-6(5-7)8(10)12-11/h2-5H,11H2,1H3,(H2,10,12). The number of rotatable bonds is 2. The summed E-state index contributed by atoms with van der Waals surface area (Å²) in [5.41, 5.74) is 6.48. The van der Waals surface area contributed by atoms with Gasteiger partial charge in [0.15, 0.2) is 0 Å². The van der Waals surface area contributed by atoms with E-state index in [9.17, 15) is 4.79 Å². The van der Waals surface area contributed by atoms with Crippen molar-refractivity contribution in [2.45, 2.75) is 0 Å². The first-order chi connectivity index (χ1) is 6.69. The molecule has 14 heavy (non-hydrogen) atoms. The maximum atomic E-state index is 11.1. The monoisotopic (exact) mass is 193 g/mol. The molecule has 0 aliphatic heterocycles. The summed E-state index contributed by atoms with van der Waals surface area (Å²) in [6.45, 7) is 0. The highest BCUT2D eigenvalue weighted by molar-refractivity contribution is 5.99. The second-order valence-electron chi connectivity index (χ2n) is 2.59. The van der Waals surface area contributed by atoms with E-state index in [1.165, 1.54) is 7.11 Å². The fourth-order valence-electron chi connectivity index (χ4n) is 0.998. The van der Waals surface area contributed by atoms with Gasteiger partial charge < -0.3 is 16.3 Å². The Kier molecular flexibility index (Phi) is 3.06. The van der Waals surface area contributed by atoms with Crippen molar-refractivity contribution < 1.29 is 9.53 Å². The number of hydrogen-bond acceptors (Lipinski definition) is 4. The maximum absolute atomic E-state index is 11.1. The molecule has 0 bridgehead atoms. The highest BCUT2D eigenvalue weighted by Crippen LogP contribution is 2.05. The lowest BCUT2D eigenvalue weighted by atomic mass is 10.1. The number of esters is 1. The predicted molar refractivity (Wildman–Crippen MR) is 52.7 cm³/mol. The lowest BCUT2D eigenvalue weighted by Gasteiger charge is -2.02. The summed E-state index contributed by atoms with van der Waals surface area (Å²) in [5, 5.41) is 3.33. The molecule has 5 heteroatoms. The van der Waals surface area contributed by atoms with Crippen LogP contribution in [0.15, 0.2) is 29.4 Å². The third-order valence-corrected chi connectivity index (χ3v) is 1.72. The van der Waals surface area contributed by atoms with E-state index in [0.29, 0.717) is 11.1 Å². The van der Waals surface area contributed by atoms with Gasteiger partial charge in [0.25, 0.3) is 0 Å². The van der Waals surface area contributed by atoms with E-state index in [2.05, 4.69) is 9.84 Å². The zero-order chi connectivity index (χ0) is 10.6. The molecular formula is C9H11N3O2. The maximum Gasteiger partial charge on any atom is 0.337 e. The highest BCUT2D eigenvalue weighted by atomic mass is 16.5. The molecular weight excluding hydrogens is 182 g/mol. The molecule has 4 N–H and O–H groups in total. The molecule has 0 fully saturated rings. The van der Waals surface area contributed by atoms with Crippen molar-refractivity contribution in [3.05, 3.63) is 35.4 Å². The van der Waals surface area contributed by atoms with Crippen LogP contribution in [0.3, 0.4) is 0 Å². The van der Waals surface area contributed by atoms with Crippen LogP contribution in [-0.2, 0) is 4.74 Å². The van der Waals surface area contributed by atoms with Crippen molar-refractivity contribution >= 4 is 11.8 Å². The number of carbonyl (C=O) groups is 1. The molecule has 0 spiro atoms. The summed E-state index contributed by atoms with van der Waals surface area (Å²) in [5.74, 6) is 4.77. The molecule has 0 radical (unpaired) electrons. The van der Waals surface area contributed by atoms with Crippen LogP contribution in [0.4, 0.5) is 0 Å². The molecule has 0 aromatic heterocycles. The van der Waals surface area contributed by atoms with E-state index >= 15 is 0 Å². The zero-order valence-corrected chi connectivity index (χ0v) is 7.73. The summed E-state index contributed by atoms with van der Waals surface area (Å²) in [6, 6.07) is 6.58. The fourth-order valence-corrected chi connectivity index (χ4v) is 0.998. The minimum atomic E-state index is -0.420. The van der Waals surface area contributed by atoms with Crippen LogP contribution in [-0.4, -0.2) is 18.9 Å². The number of nitrogens with two attached hydrogens (primary N) is 2. The molecule has 5 nitrogen and oxygen atoms in total. The van der Waals surface area contributed by atoms with Crippen molar-refractivity contribution in [3.63, 3.8) is 0 Å². The minimum Gasteiger partial charge on any atom is -0.465 e. The quantitative estimate of drug-likeness (QED) is 0.228. The number of hydrogen-bond donors (Lipinski definition) is 2. The SMILES string of the molecule is COC(=O)c1cccc(/C(N)=N/N)c1. The van der Waals surface area contributed by atoms with E-state index < -0.39 is 5.97 Å². The fraction of sp³-hybridized carbons (Fsp3) is 0.111. The molecule has 1 rings (SSSR count). The van der Waals surface area contributed by atoms with E-state index in [4.69, 9.17) is 11.6 Å². The topological polar surface area (TPSA) is 90.7 Å². The molecule has 0 heterocycles. The molecule has 74 valence electrons. The average Bonchev–Trinajstić information content (AvgIpc) is 2.27. The first-order valence-electron chi connectivity index (χ1n) is 3.91. The van der Waals surface area contributed by atoms with Gasteiger partial charge in [-0.2, -0.15) is 5.10 Å². The van der Waals surface area contributed by atoms with Gasteiger partial charge in [-0.3, -0.25) is 0 Å². The van der Waals surface area contributed by atoms with Crippen LogP contribution in [0.2, 0.25) is 0 Å². The van der Waals surface area contributed by atoms with Crippen molar-refractivity contribution in [2.75, 3.05) is 7.11 Å². The molecule has 0 amide bonds. The number of carbonyl (C=O) groups excluding carboxylic acids is 1. The van der Waals surface area contributed by atoms with Gasteiger partial charge >= 0.3 is 5.97 Å². The van der Waals surface area contributed by atoms with Gasteiger partial charge in [-0.05, 0) is 12.1 Å². The Morgan fingerprint density at radius 2 is 2.07 bits per heavy atom. The third-order valence-electron chi connectivity index (χ3n) is 1.72. The van der Waals surface area contributed by atoms with Gasteiger partial charge in [0, 0.05) is 5.56 Å². The van der Waals surface area contributed by atoms with Crippen LogP contribution in [0.5, 0.6) is 0 Å². The summed E-state index contributed by atoms with van der Waals surface area (Å²) in [6.07, 6.45) is 0. The Bertz CT molecular complexity index is 374. The zero-order valence-electron chi connectivity index (χ0n) is 7.73. The summed E-state index contributed by atoms with van der Waals surface area (Å²) in [4.78, 5) is 11.1. The first-order valence-corrected chi connectivity index (χ1v) is 3.91. The summed E-state index contributed by atoms with van der Waals surface area (Å²) < 4.78 is 4.55. The molecule has 0 aliphatic carbocycles. The smallest absolute Gasteiger partial charge is 0.337 e. The first kappa shape index (κ1) is 10.0. The molecule has 0 saturated carbocycles. The van der Waals surface area contributed by atoms with Gasteiger partial charge in [0.05, 0.1) is 12.7 Å². The van der Waals surface area contributed by atoms with Crippen molar-refractivity contribution in [1.82, 2.24) is 0 Å². The lowest BCUT2D eigenvalue weighted by Crippen LogP contribution is -2.16. The number of nitrogens with zero attached hydrogens (tertiary/aromatic N) is 1. The highest BCUT2D eigenvalue weighted by Gasteiger charge is 2.06. The summed E-state index contributed by atoms with van der Waals surface area (Å²) in [7, 11) is 1.31. The molecule has 0 saturated heterocycles. The van der Waals surface area contributed by atoms with Crippen molar-refractivity contribution in [1.29, 1.82) is 0 Å². The Labute approximate surface area is 81.3 Å². The van der Waals surface area contributed by atoms with Crippen LogP contribution in [0.1, 0.15) is 15.9 Å². The van der Waals surface area contributed by atoms with E-state index in [-0.39, 0.29) is 5.84 Å². The van der Waals surface area contributed by atoms with Crippen LogP contribution >= 0.6 is 0 Å². The van der Waals surface area contributed by atoms with Gasteiger partial charge in [0.2, 0.25) is 0 Å². The summed E-state index contributed by atoms with van der Waals surface area (Å²) >= 11 is 0. The largest absolute Gasteiger partial charge is 0.465 e. The molecule has 0 aliphatic rings. The average molecular weight is 193 g/mol. The van der Waals surface area contributed by atoms with Gasteiger partial charge in [0.1, 0.15) is 5.84 Å². The van der Waals surface area contributed by atoms with Crippen molar-refractivity contribution in [3.8, 4) is 0 Å². The number of methoxy groups -OCH3 is 1. The minimum absolute atomic E-state index is 0.177. The number of benzene rings is 1. The van der Waals surface area contributed by atoms with Gasteiger partial charge in [-0.25, -0.2) is 4.79 Å². The van der Waals surface area contributed by atoms with Gasteiger partial charge in [-0.15, -0.1) is 0 Å². The Morgan fingerprint density at radius 1 is 1.43 bits per heavy atom. The second-order valence-corrected chi connectivity index (χ2v) is 2.59. The molecule has 1 aromatic carbocycles. The molecule has 0 atom stereocenters. The van der Waals surface area contributed by atoms with Crippen LogP contribution < -0.4 is 11.6 Å². The van der Waals surface area contributed by atoms with Crippen LogP contribution in [0.25, 0.3) is 0 Å². The number of ether oxygens (including phenoxy) is 1. The van der Waals surface area contributed by atoms with Crippen molar-refractivity contribution in [2.24, 2.45) is 16.7 Å².